The molecule has 7 nitrogen and oxygen atoms in total. The second-order valence-electron chi connectivity index (χ2n) is 4.75. The lowest BCUT2D eigenvalue weighted by atomic mass is 10.2. The summed E-state index contributed by atoms with van der Waals surface area (Å²) in [5, 5.41) is 13.3. The minimum atomic E-state index is -0.142. The highest BCUT2D eigenvalue weighted by Crippen LogP contribution is 2.11. The molecule has 20 heavy (non-hydrogen) atoms. The number of aliphatic hydroxyl groups is 1. The standard InChI is InChI=1S/C13H19N5O2/c1-9-12(8-17(3)16-9)13(20)18(4-5-19)7-11-6-14-10(2)15-11/h6,8,19H,4-5,7H2,1-3H3,(H,14,15). The maximum Gasteiger partial charge on any atom is 0.257 e. The van der Waals surface area contributed by atoms with Crippen molar-refractivity contribution < 1.29 is 9.90 Å². The van der Waals surface area contributed by atoms with Gasteiger partial charge >= 0.3 is 0 Å². The summed E-state index contributed by atoms with van der Waals surface area (Å²) in [6.45, 7) is 4.22. The Labute approximate surface area is 117 Å². The van der Waals surface area contributed by atoms with Crippen LogP contribution in [0.5, 0.6) is 0 Å². The van der Waals surface area contributed by atoms with Gasteiger partial charge in [-0.05, 0) is 13.8 Å². The third kappa shape index (κ3) is 3.05. The summed E-state index contributed by atoms with van der Waals surface area (Å²) in [6, 6.07) is 0. The maximum atomic E-state index is 12.5. The van der Waals surface area contributed by atoms with Crippen LogP contribution in [-0.2, 0) is 13.6 Å². The van der Waals surface area contributed by atoms with E-state index >= 15 is 0 Å². The second-order valence-corrected chi connectivity index (χ2v) is 4.75. The van der Waals surface area contributed by atoms with E-state index in [0.29, 0.717) is 17.8 Å². The van der Waals surface area contributed by atoms with Gasteiger partial charge in [-0.3, -0.25) is 9.48 Å². The number of carbonyl (C=O) groups excluding carboxylic acids is 1. The fourth-order valence-electron chi connectivity index (χ4n) is 2.11. The van der Waals surface area contributed by atoms with E-state index in [4.69, 9.17) is 5.11 Å². The van der Waals surface area contributed by atoms with Gasteiger partial charge in [-0.15, -0.1) is 0 Å². The molecule has 0 unspecified atom stereocenters. The highest BCUT2D eigenvalue weighted by atomic mass is 16.3. The zero-order chi connectivity index (χ0) is 14.7. The molecule has 0 bridgehead atoms. The summed E-state index contributed by atoms with van der Waals surface area (Å²) in [4.78, 5) is 21.3. The van der Waals surface area contributed by atoms with Crippen molar-refractivity contribution in [2.24, 2.45) is 7.05 Å². The molecular formula is C13H19N5O2. The molecular weight excluding hydrogens is 258 g/mol. The van der Waals surface area contributed by atoms with Crippen LogP contribution in [-0.4, -0.2) is 48.8 Å². The Morgan fingerprint density at radius 1 is 1.50 bits per heavy atom. The Bertz CT molecular complexity index is 602. The van der Waals surface area contributed by atoms with E-state index in [0.717, 1.165) is 11.5 Å². The Morgan fingerprint density at radius 2 is 2.25 bits per heavy atom. The highest BCUT2D eigenvalue weighted by Gasteiger charge is 2.20. The number of aryl methyl sites for hydroxylation is 3. The van der Waals surface area contributed by atoms with E-state index in [1.807, 2.05) is 6.92 Å². The summed E-state index contributed by atoms with van der Waals surface area (Å²) in [7, 11) is 1.78. The van der Waals surface area contributed by atoms with Crippen molar-refractivity contribution in [2.75, 3.05) is 13.2 Å². The monoisotopic (exact) mass is 277 g/mol. The molecule has 2 heterocycles. The van der Waals surface area contributed by atoms with Crippen molar-refractivity contribution >= 4 is 5.91 Å². The van der Waals surface area contributed by atoms with Gasteiger partial charge in [0.05, 0.1) is 36.3 Å². The number of hydrogen-bond acceptors (Lipinski definition) is 4. The smallest absolute Gasteiger partial charge is 0.257 e. The SMILES string of the molecule is Cc1ncc(CN(CCO)C(=O)c2cn(C)nc2C)[nH]1. The number of nitrogens with zero attached hydrogens (tertiary/aromatic N) is 4. The van der Waals surface area contributed by atoms with Crippen molar-refractivity contribution in [1.29, 1.82) is 0 Å². The van der Waals surface area contributed by atoms with E-state index in [2.05, 4.69) is 15.1 Å². The predicted octanol–water partition coefficient (Wildman–Crippen LogP) is 0.395. The second kappa shape index (κ2) is 5.87. The lowest BCUT2D eigenvalue weighted by Gasteiger charge is -2.20. The van der Waals surface area contributed by atoms with Gasteiger partial charge in [-0.1, -0.05) is 0 Å². The van der Waals surface area contributed by atoms with Crippen LogP contribution in [0.25, 0.3) is 0 Å². The van der Waals surface area contributed by atoms with Crippen LogP contribution in [0.15, 0.2) is 12.4 Å². The molecule has 0 fully saturated rings. The first-order chi connectivity index (χ1) is 9.51. The minimum Gasteiger partial charge on any atom is -0.395 e. The fraction of sp³-hybridized carbons (Fsp3) is 0.462. The van der Waals surface area contributed by atoms with Crippen molar-refractivity contribution in [1.82, 2.24) is 24.6 Å². The van der Waals surface area contributed by atoms with Crippen LogP contribution < -0.4 is 0 Å². The molecule has 0 aliphatic rings. The summed E-state index contributed by atoms with van der Waals surface area (Å²) >= 11 is 0. The molecule has 7 heteroatoms. The normalized spacial score (nSPS) is 10.8. The van der Waals surface area contributed by atoms with Crippen LogP contribution in [0.1, 0.15) is 27.6 Å². The lowest BCUT2D eigenvalue weighted by molar-refractivity contribution is 0.0705. The Morgan fingerprint density at radius 3 is 2.75 bits per heavy atom. The zero-order valence-corrected chi connectivity index (χ0v) is 11.9. The molecule has 0 saturated heterocycles. The fourth-order valence-corrected chi connectivity index (χ4v) is 2.11. The molecule has 0 aliphatic heterocycles. The predicted molar refractivity (Wildman–Crippen MR) is 73.1 cm³/mol. The minimum absolute atomic E-state index is 0.0851. The van der Waals surface area contributed by atoms with Crippen LogP contribution in [0.4, 0.5) is 0 Å². The average Bonchev–Trinajstić information content (AvgIpc) is 2.94. The Hall–Kier alpha value is -2.15. The van der Waals surface area contributed by atoms with E-state index < -0.39 is 0 Å². The van der Waals surface area contributed by atoms with Gasteiger partial charge < -0.3 is 15.0 Å². The summed E-state index contributed by atoms with van der Waals surface area (Å²) < 4.78 is 1.61. The van der Waals surface area contributed by atoms with E-state index in [-0.39, 0.29) is 19.1 Å². The molecule has 0 atom stereocenters. The van der Waals surface area contributed by atoms with Crippen LogP contribution >= 0.6 is 0 Å². The third-order valence-electron chi connectivity index (χ3n) is 3.02. The number of aliphatic hydroxyl groups excluding tert-OH is 1. The van der Waals surface area contributed by atoms with Gasteiger partial charge in [-0.2, -0.15) is 5.10 Å². The molecule has 2 aromatic rings. The topological polar surface area (TPSA) is 87.0 Å². The van der Waals surface area contributed by atoms with Gasteiger partial charge in [0.15, 0.2) is 0 Å². The molecule has 2 aromatic heterocycles. The summed E-state index contributed by atoms with van der Waals surface area (Å²) in [6.07, 6.45) is 3.39. The zero-order valence-electron chi connectivity index (χ0n) is 11.9. The molecule has 0 aliphatic carbocycles. The van der Waals surface area contributed by atoms with E-state index in [9.17, 15) is 4.79 Å². The molecule has 0 aromatic carbocycles. The molecule has 2 N–H and O–H groups in total. The van der Waals surface area contributed by atoms with Gasteiger partial charge in [0.1, 0.15) is 5.82 Å². The lowest BCUT2D eigenvalue weighted by Crippen LogP contribution is -2.33. The number of imidazole rings is 1. The highest BCUT2D eigenvalue weighted by molar-refractivity contribution is 5.95. The van der Waals surface area contributed by atoms with E-state index in [1.165, 1.54) is 0 Å². The Kier molecular flexibility index (Phi) is 4.19. The molecule has 0 spiro atoms. The Balaban J connectivity index is 2.19. The summed E-state index contributed by atoms with van der Waals surface area (Å²) in [5.74, 6) is 0.658. The number of aromatic amines is 1. The molecule has 108 valence electrons. The first-order valence-corrected chi connectivity index (χ1v) is 6.42. The van der Waals surface area contributed by atoms with Gasteiger partial charge in [0.2, 0.25) is 0 Å². The van der Waals surface area contributed by atoms with Crippen LogP contribution in [0.2, 0.25) is 0 Å². The molecule has 1 amide bonds. The van der Waals surface area contributed by atoms with Crippen LogP contribution in [0, 0.1) is 13.8 Å². The molecule has 2 rings (SSSR count). The first kappa shape index (κ1) is 14.3. The molecule has 0 saturated carbocycles. The average molecular weight is 277 g/mol. The number of rotatable bonds is 5. The quantitative estimate of drug-likeness (QED) is 0.828. The third-order valence-corrected chi connectivity index (χ3v) is 3.02. The number of hydrogen-bond donors (Lipinski definition) is 2. The number of nitrogens with one attached hydrogen (secondary N) is 1. The number of carbonyl (C=O) groups is 1. The van der Waals surface area contributed by atoms with E-state index in [1.54, 1.807) is 35.9 Å². The van der Waals surface area contributed by atoms with Gasteiger partial charge in [-0.25, -0.2) is 4.98 Å². The van der Waals surface area contributed by atoms with Crippen molar-refractivity contribution in [3.8, 4) is 0 Å². The summed E-state index contributed by atoms with van der Waals surface area (Å²) in [5.41, 5.74) is 2.07. The van der Waals surface area contributed by atoms with Crippen molar-refractivity contribution in [3.63, 3.8) is 0 Å². The van der Waals surface area contributed by atoms with Crippen LogP contribution in [0.3, 0.4) is 0 Å². The largest absolute Gasteiger partial charge is 0.395 e. The first-order valence-electron chi connectivity index (χ1n) is 6.42. The maximum absolute atomic E-state index is 12.5. The number of amides is 1. The van der Waals surface area contributed by atoms with Gasteiger partial charge in [0.25, 0.3) is 5.91 Å². The van der Waals surface area contributed by atoms with Gasteiger partial charge in [0, 0.05) is 19.8 Å². The molecule has 0 radical (unpaired) electrons. The number of aromatic nitrogens is 4. The van der Waals surface area contributed by atoms with Crippen molar-refractivity contribution in [3.05, 3.63) is 35.2 Å². The number of H-pyrrole nitrogens is 1. The van der Waals surface area contributed by atoms with Crippen molar-refractivity contribution in [2.45, 2.75) is 20.4 Å².